The molecule has 0 aliphatic rings. The zero-order valence-corrected chi connectivity index (χ0v) is 23.8. The molecule has 0 bridgehead atoms. The van der Waals surface area contributed by atoms with Crippen molar-refractivity contribution in [3.8, 4) is 0 Å². The summed E-state index contributed by atoms with van der Waals surface area (Å²) in [6, 6.07) is 23.4. The summed E-state index contributed by atoms with van der Waals surface area (Å²) in [4.78, 5) is 0. The van der Waals surface area contributed by atoms with Crippen molar-refractivity contribution in [3.63, 3.8) is 0 Å². The minimum absolute atomic E-state index is 0.204. The second-order valence-electron chi connectivity index (χ2n) is 13.2. The monoisotopic (exact) mass is 438 g/mol. The molecule has 2 aromatic rings. The van der Waals surface area contributed by atoms with Crippen molar-refractivity contribution < 1.29 is 0 Å². The van der Waals surface area contributed by atoms with Gasteiger partial charge in [0, 0.05) is 0 Å². The van der Waals surface area contributed by atoms with E-state index in [4.69, 9.17) is 0 Å². The molecule has 0 atom stereocenters. The highest BCUT2D eigenvalue weighted by Crippen LogP contribution is 2.66. The maximum atomic E-state index is 2.56. The minimum atomic E-state index is -2.23. The molecule has 0 unspecified atom stereocenters. The van der Waals surface area contributed by atoms with Crippen LogP contribution in [-0.2, 0) is 0 Å². The van der Waals surface area contributed by atoms with E-state index >= 15 is 0 Å². The third kappa shape index (κ3) is 3.48. The molecule has 0 saturated heterocycles. The van der Waals surface area contributed by atoms with Gasteiger partial charge in [0.2, 0.25) is 0 Å². The Kier molecular flexibility index (Phi) is 6.52. The largest absolute Gasteiger partial charge is 0.0969 e. The van der Waals surface area contributed by atoms with Gasteiger partial charge in [-0.25, -0.2) is 0 Å². The zero-order valence-electron chi connectivity index (χ0n) is 21.8. The quantitative estimate of drug-likeness (QED) is 0.426. The van der Waals surface area contributed by atoms with Crippen LogP contribution in [0.2, 0.25) is 20.2 Å². The van der Waals surface area contributed by atoms with Crippen molar-refractivity contribution >= 4 is 25.6 Å². The second-order valence-corrected chi connectivity index (χ2v) is 27.9. The molecule has 0 fully saturated rings. The molecule has 0 heterocycles. The molecule has 0 aliphatic heterocycles. The zero-order chi connectivity index (χ0) is 23.2. The molecule has 0 amide bonds. The highest BCUT2D eigenvalue weighted by atomic mass is 29.3. The Bertz CT molecular complexity index is 721. The number of hydrogen-bond donors (Lipinski definition) is 0. The summed E-state index contributed by atoms with van der Waals surface area (Å²) in [5.74, 6) is 0. The Morgan fingerprint density at radius 3 is 0.733 bits per heavy atom. The van der Waals surface area contributed by atoms with Gasteiger partial charge in [-0.2, -0.15) is 0 Å². The van der Waals surface area contributed by atoms with Crippen molar-refractivity contribution in [1.82, 2.24) is 0 Å². The van der Waals surface area contributed by atoms with Crippen molar-refractivity contribution in [3.05, 3.63) is 60.7 Å². The van der Waals surface area contributed by atoms with Gasteiger partial charge in [0.15, 0.2) is 0 Å². The molecule has 2 rings (SSSR count). The van der Waals surface area contributed by atoms with Gasteiger partial charge in [-0.05, 0) is 20.2 Å². The summed E-state index contributed by atoms with van der Waals surface area (Å²) in [6.07, 6.45) is 0. The van der Waals surface area contributed by atoms with Crippen LogP contribution in [0.25, 0.3) is 0 Å². The van der Waals surface area contributed by atoms with E-state index < -0.39 is 15.2 Å². The average molecular weight is 439 g/mol. The summed E-state index contributed by atoms with van der Waals surface area (Å²) in [5, 5.41) is 4.10. The van der Waals surface area contributed by atoms with Gasteiger partial charge >= 0.3 is 0 Å². The van der Waals surface area contributed by atoms with Crippen LogP contribution in [0.15, 0.2) is 60.7 Å². The second kappa shape index (κ2) is 7.78. The van der Waals surface area contributed by atoms with E-state index in [1.807, 2.05) is 0 Å². The van der Waals surface area contributed by atoms with Crippen molar-refractivity contribution in [2.75, 3.05) is 0 Å². The topological polar surface area (TPSA) is 0 Å². The summed E-state index contributed by atoms with van der Waals surface area (Å²) >= 11 is 0. The average Bonchev–Trinajstić information content (AvgIpc) is 2.56. The fourth-order valence-corrected chi connectivity index (χ4v) is 39.9. The standard InChI is InChI=1S/C28H46Si2/c1-25(2,3)29(26(4,5)6,23-19-15-13-16-20-23)30(27(7,8)9,28(10,11)12)24-21-17-14-18-22-24/h13-22H,1-12H3. The Balaban J connectivity index is 3.34. The normalized spacial score (nSPS) is 14.7. The first-order valence-electron chi connectivity index (χ1n) is 11.6. The molecule has 0 aromatic heterocycles. The maximum absolute atomic E-state index is 2.56. The van der Waals surface area contributed by atoms with Gasteiger partial charge in [0.1, 0.15) is 0 Å². The van der Waals surface area contributed by atoms with Crippen LogP contribution in [0.4, 0.5) is 0 Å². The van der Waals surface area contributed by atoms with E-state index in [2.05, 4.69) is 144 Å². The summed E-state index contributed by atoms with van der Waals surface area (Å²) in [7, 11) is -4.45. The van der Waals surface area contributed by atoms with E-state index in [1.54, 1.807) is 10.4 Å². The van der Waals surface area contributed by atoms with Gasteiger partial charge in [-0.1, -0.05) is 154 Å². The smallest absolute Gasteiger partial charge is 0.0632 e. The first kappa shape index (κ1) is 25.1. The van der Waals surface area contributed by atoms with Crippen LogP contribution >= 0.6 is 0 Å². The van der Waals surface area contributed by atoms with Crippen LogP contribution in [-0.4, -0.2) is 15.2 Å². The lowest BCUT2D eigenvalue weighted by atomic mass is 10.2. The van der Waals surface area contributed by atoms with Gasteiger partial charge in [-0.15, -0.1) is 0 Å². The van der Waals surface area contributed by atoms with Gasteiger partial charge < -0.3 is 0 Å². The molecule has 0 radical (unpaired) electrons. The van der Waals surface area contributed by atoms with Crippen LogP contribution in [0, 0.1) is 0 Å². The van der Waals surface area contributed by atoms with Crippen molar-refractivity contribution in [1.29, 1.82) is 0 Å². The Morgan fingerprint density at radius 1 is 0.367 bits per heavy atom. The SMILES string of the molecule is CC(C)(C)[Si](c1ccccc1)(C(C)(C)C)[Si](c1ccccc1)(C(C)(C)C)C(C)(C)C. The van der Waals surface area contributed by atoms with E-state index in [0.717, 1.165) is 0 Å². The molecule has 2 aromatic carbocycles. The molecule has 2 heteroatoms. The van der Waals surface area contributed by atoms with E-state index in [1.165, 1.54) is 0 Å². The van der Waals surface area contributed by atoms with Gasteiger partial charge in [0.25, 0.3) is 0 Å². The summed E-state index contributed by atoms with van der Waals surface area (Å²) in [6.45, 7) is 30.7. The molecule has 0 aliphatic carbocycles. The molecule has 166 valence electrons. The van der Waals surface area contributed by atoms with Crippen LogP contribution in [0.5, 0.6) is 0 Å². The third-order valence-electron chi connectivity index (χ3n) is 7.48. The van der Waals surface area contributed by atoms with Crippen LogP contribution in [0.3, 0.4) is 0 Å². The first-order valence-corrected chi connectivity index (χ1v) is 16.6. The van der Waals surface area contributed by atoms with Crippen LogP contribution < -0.4 is 10.4 Å². The summed E-state index contributed by atoms with van der Waals surface area (Å²) < 4.78 is 0. The highest BCUT2D eigenvalue weighted by molar-refractivity contribution is 7.54. The molecule has 30 heavy (non-hydrogen) atoms. The van der Waals surface area contributed by atoms with E-state index in [-0.39, 0.29) is 20.2 Å². The fourth-order valence-electron chi connectivity index (χ4n) is 8.04. The van der Waals surface area contributed by atoms with Crippen LogP contribution in [0.1, 0.15) is 83.1 Å². The Morgan fingerprint density at radius 2 is 0.567 bits per heavy atom. The van der Waals surface area contributed by atoms with E-state index in [0.29, 0.717) is 0 Å². The lowest BCUT2D eigenvalue weighted by Crippen LogP contribution is -2.87. The lowest BCUT2D eigenvalue weighted by molar-refractivity contribution is 0.597. The van der Waals surface area contributed by atoms with E-state index in [9.17, 15) is 0 Å². The molecule has 0 spiro atoms. The number of benzene rings is 2. The predicted octanol–water partition coefficient (Wildman–Crippen LogP) is 7.98. The summed E-state index contributed by atoms with van der Waals surface area (Å²) in [5.41, 5.74) is 0. The highest BCUT2D eigenvalue weighted by Gasteiger charge is 2.74. The van der Waals surface area contributed by atoms with Crippen molar-refractivity contribution in [2.45, 2.75) is 103 Å². The van der Waals surface area contributed by atoms with Crippen molar-refractivity contribution in [2.24, 2.45) is 0 Å². The molecular weight excluding hydrogens is 392 g/mol. The minimum Gasteiger partial charge on any atom is -0.0632 e. The number of hydrogen-bond acceptors (Lipinski definition) is 0. The predicted molar refractivity (Wildman–Crippen MR) is 143 cm³/mol. The molecule has 0 N–H and O–H groups in total. The van der Waals surface area contributed by atoms with Gasteiger partial charge in [0.05, 0.1) is 15.2 Å². The maximum Gasteiger partial charge on any atom is 0.0969 e. The Hall–Kier alpha value is -1.13. The van der Waals surface area contributed by atoms with Gasteiger partial charge in [-0.3, -0.25) is 0 Å². The molecule has 0 saturated carbocycles. The third-order valence-corrected chi connectivity index (χ3v) is 34.1. The first-order chi connectivity index (χ1) is 13.5. The number of rotatable bonds is 3. The lowest BCUT2D eigenvalue weighted by Gasteiger charge is -2.70. The molecular formula is C28H46Si2. The fraction of sp³-hybridized carbons (Fsp3) is 0.571. The molecule has 0 nitrogen and oxygen atoms in total. The Labute approximate surface area is 189 Å².